The zero-order valence-corrected chi connectivity index (χ0v) is 10.7. The maximum atomic E-state index is 11.7. The first kappa shape index (κ1) is 12.9. The quantitative estimate of drug-likeness (QED) is 0.761. The lowest BCUT2D eigenvalue weighted by molar-refractivity contribution is 0.0600. The fraction of sp³-hybridized carbons (Fsp3) is 0.231. The smallest absolute Gasteiger partial charge is 0.339 e. The van der Waals surface area contributed by atoms with Gasteiger partial charge >= 0.3 is 5.97 Å². The molecule has 0 amide bonds. The highest BCUT2D eigenvalue weighted by Gasteiger charge is 2.06. The highest BCUT2D eigenvalue weighted by Crippen LogP contribution is 2.03. The molecule has 0 fully saturated rings. The lowest BCUT2D eigenvalue weighted by Crippen LogP contribution is -2.21. The van der Waals surface area contributed by atoms with Crippen molar-refractivity contribution < 1.29 is 9.53 Å². The number of esters is 1. The number of ether oxygens (including phenoxy) is 1. The predicted molar refractivity (Wildman–Crippen MR) is 67.9 cm³/mol. The molecule has 0 saturated carbocycles. The van der Waals surface area contributed by atoms with Gasteiger partial charge in [-0.25, -0.2) is 9.78 Å². The molecule has 0 unspecified atom stereocenters. The van der Waals surface area contributed by atoms with Crippen molar-refractivity contribution in [3.05, 3.63) is 58.0 Å². The van der Waals surface area contributed by atoms with Crippen molar-refractivity contribution in [2.45, 2.75) is 13.5 Å². The zero-order valence-electron chi connectivity index (χ0n) is 10.7. The van der Waals surface area contributed by atoms with Gasteiger partial charge in [-0.05, 0) is 19.1 Å². The normalized spacial score (nSPS) is 10.2. The van der Waals surface area contributed by atoms with E-state index in [4.69, 9.17) is 0 Å². The first-order valence-corrected chi connectivity index (χ1v) is 5.66. The minimum Gasteiger partial charge on any atom is -0.465 e. The first-order chi connectivity index (χ1) is 9.10. The molecule has 0 radical (unpaired) electrons. The monoisotopic (exact) mass is 259 g/mol. The van der Waals surface area contributed by atoms with Crippen molar-refractivity contribution in [3.8, 4) is 0 Å². The van der Waals surface area contributed by atoms with Crippen molar-refractivity contribution in [1.29, 1.82) is 0 Å². The van der Waals surface area contributed by atoms with Crippen LogP contribution in [0.25, 0.3) is 0 Å². The Morgan fingerprint density at radius 2 is 2.16 bits per heavy atom. The van der Waals surface area contributed by atoms with E-state index >= 15 is 0 Å². The van der Waals surface area contributed by atoms with Gasteiger partial charge in [-0.2, -0.15) is 0 Å². The molecule has 0 saturated heterocycles. The van der Waals surface area contributed by atoms with Gasteiger partial charge in [-0.1, -0.05) is 0 Å². The molecule has 0 aromatic carbocycles. The van der Waals surface area contributed by atoms with Gasteiger partial charge in [0.1, 0.15) is 0 Å². The second kappa shape index (κ2) is 5.43. The number of nitrogens with zero attached hydrogens (tertiary/aromatic N) is 3. The highest BCUT2D eigenvalue weighted by atomic mass is 16.5. The van der Waals surface area contributed by atoms with Gasteiger partial charge in [0.25, 0.3) is 5.56 Å². The third-order valence-corrected chi connectivity index (χ3v) is 2.59. The lowest BCUT2D eigenvalue weighted by atomic mass is 10.2. The minimum absolute atomic E-state index is 0.133. The molecule has 2 rings (SSSR count). The molecule has 6 heteroatoms. The minimum atomic E-state index is -0.437. The van der Waals surface area contributed by atoms with Gasteiger partial charge < -0.3 is 4.74 Å². The average molecular weight is 259 g/mol. The van der Waals surface area contributed by atoms with E-state index in [9.17, 15) is 9.59 Å². The summed E-state index contributed by atoms with van der Waals surface area (Å²) in [5.74, 6) is -0.437. The van der Waals surface area contributed by atoms with Crippen LogP contribution in [0.1, 0.15) is 21.7 Å². The van der Waals surface area contributed by atoms with Gasteiger partial charge in [0.15, 0.2) is 0 Å². The lowest BCUT2D eigenvalue weighted by Gasteiger charge is -2.05. The van der Waals surface area contributed by atoms with Crippen molar-refractivity contribution in [3.63, 3.8) is 0 Å². The number of methoxy groups -OCH3 is 1. The second-order valence-corrected chi connectivity index (χ2v) is 4.03. The van der Waals surface area contributed by atoms with Crippen LogP contribution in [0.3, 0.4) is 0 Å². The van der Waals surface area contributed by atoms with Crippen LogP contribution >= 0.6 is 0 Å². The third kappa shape index (κ3) is 3.04. The van der Waals surface area contributed by atoms with Gasteiger partial charge in [0, 0.05) is 18.0 Å². The predicted octanol–water partition coefficient (Wildman–Crippen LogP) is 0.782. The summed E-state index contributed by atoms with van der Waals surface area (Å²) in [4.78, 5) is 31.1. The Kier molecular flexibility index (Phi) is 3.70. The summed E-state index contributed by atoms with van der Waals surface area (Å²) in [7, 11) is 1.31. The molecule has 2 aromatic rings. The second-order valence-electron chi connectivity index (χ2n) is 4.03. The van der Waals surface area contributed by atoms with Gasteiger partial charge in [-0.3, -0.25) is 14.3 Å². The maximum absolute atomic E-state index is 11.7. The Morgan fingerprint density at radius 3 is 2.74 bits per heavy atom. The van der Waals surface area contributed by atoms with Crippen LogP contribution in [-0.2, 0) is 11.3 Å². The van der Waals surface area contributed by atoms with Crippen LogP contribution in [0.2, 0.25) is 0 Å². The van der Waals surface area contributed by atoms with E-state index in [1.54, 1.807) is 19.1 Å². The van der Waals surface area contributed by atoms with Crippen LogP contribution in [0.15, 0.2) is 35.5 Å². The van der Waals surface area contributed by atoms with E-state index in [-0.39, 0.29) is 5.56 Å². The number of pyridine rings is 1. The van der Waals surface area contributed by atoms with E-state index in [0.29, 0.717) is 23.5 Å². The molecular formula is C13H13N3O3. The molecule has 0 aliphatic carbocycles. The third-order valence-electron chi connectivity index (χ3n) is 2.59. The van der Waals surface area contributed by atoms with Gasteiger partial charge in [0.2, 0.25) is 0 Å². The van der Waals surface area contributed by atoms with Crippen molar-refractivity contribution in [2.75, 3.05) is 7.11 Å². The van der Waals surface area contributed by atoms with E-state index in [2.05, 4.69) is 14.7 Å². The average Bonchev–Trinajstić information content (AvgIpc) is 2.42. The molecule has 0 spiro atoms. The number of hydrogen-bond acceptors (Lipinski definition) is 5. The number of carbonyl (C=O) groups is 1. The summed E-state index contributed by atoms with van der Waals surface area (Å²) in [6.07, 6.45) is 2.90. The van der Waals surface area contributed by atoms with Crippen molar-refractivity contribution in [2.24, 2.45) is 0 Å². The van der Waals surface area contributed by atoms with Crippen LogP contribution in [-0.4, -0.2) is 27.6 Å². The first-order valence-electron chi connectivity index (χ1n) is 5.66. The molecule has 19 heavy (non-hydrogen) atoms. The molecule has 2 heterocycles. The Labute approximate surface area is 109 Å². The Balaban J connectivity index is 2.20. The molecular weight excluding hydrogens is 246 g/mol. The van der Waals surface area contributed by atoms with E-state index in [1.165, 1.54) is 30.3 Å². The van der Waals surface area contributed by atoms with E-state index in [1.807, 2.05) is 0 Å². The summed E-state index contributed by atoms with van der Waals surface area (Å²) in [5, 5.41) is 0. The zero-order chi connectivity index (χ0) is 13.8. The van der Waals surface area contributed by atoms with Crippen molar-refractivity contribution in [1.82, 2.24) is 14.5 Å². The summed E-state index contributed by atoms with van der Waals surface area (Å²) in [6.45, 7) is 2.07. The summed E-state index contributed by atoms with van der Waals surface area (Å²) < 4.78 is 6.03. The Morgan fingerprint density at radius 1 is 1.37 bits per heavy atom. The Hall–Kier alpha value is -2.50. The number of carbonyl (C=O) groups excluding carboxylic acids is 1. The summed E-state index contributed by atoms with van der Waals surface area (Å²) in [5.41, 5.74) is 1.59. The molecule has 0 bridgehead atoms. The maximum Gasteiger partial charge on any atom is 0.339 e. The molecule has 2 aromatic heterocycles. The number of hydrogen-bond donors (Lipinski definition) is 0. The van der Waals surface area contributed by atoms with E-state index in [0.717, 1.165) is 0 Å². The number of rotatable bonds is 3. The summed E-state index contributed by atoms with van der Waals surface area (Å²) >= 11 is 0. The molecule has 0 aliphatic heterocycles. The molecule has 0 N–H and O–H groups in total. The molecule has 6 nitrogen and oxygen atoms in total. The fourth-order valence-electron chi connectivity index (χ4n) is 1.57. The van der Waals surface area contributed by atoms with Gasteiger partial charge in [-0.15, -0.1) is 0 Å². The van der Waals surface area contributed by atoms with Crippen LogP contribution in [0, 0.1) is 6.92 Å². The van der Waals surface area contributed by atoms with E-state index < -0.39 is 5.97 Å². The molecule has 0 atom stereocenters. The standard InChI is InChI=1S/C13H13N3O3/c1-9-5-12(17)16(8-15-9)7-11-4-3-10(6-14-11)13(18)19-2/h3-6,8H,7H2,1-2H3. The fourth-order valence-corrected chi connectivity index (χ4v) is 1.57. The summed E-state index contributed by atoms with van der Waals surface area (Å²) in [6, 6.07) is 4.75. The van der Waals surface area contributed by atoms with Crippen LogP contribution in [0.5, 0.6) is 0 Å². The Bertz CT molecular complexity index is 647. The highest BCUT2D eigenvalue weighted by molar-refractivity contribution is 5.88. The van der Waals surface area contributed by atoms with Crippen LogP contribution < -0.4 is 5.56 Å². The number of aromatic nitrogens is 3. The number of aryl methyl sites for hydroxylation is 1. The van der Waals surface area contributed by atoms with Gasteiger partial charge in [0.05, 0.1) is 31.2 Å². The molecule has 98 valence electrons. The molecule has 0 aliphatic rings. The SMILES string of the molecule is COC(=O)c1ccc(Cn2cnc(C)cc2=O)nc1. The largest absolute Gasteiger partial charge is 0.465 e. The van der Waals surface area contributed by atoms with Crippen molar-refractivity contribution >= 4 is 5.97 Å². The topological polar surface area (TPSA) is 74.1 Å². The van der Waals surface area contributed by atoms with Crippen LogP contribution in [0.4, 0.5) is 0 Å².